The molecule has 2 aromatic rings. The van der Waals surface area contributed by atoms with E-state index >= 15 is 0 Å². The Kier molecular flexibility index (Phi) is 9.10. The highest BCUT2D eigenvalue weighted by Gasteiger charge is 2.28. The van der Waals surface area contributed by atoms with Crippen molar-refractivity contribution in [3.05, 3.63) is 70.8 Å². The summed E-state index contributed by atoms with van der Waals surface area (Å²) >= 11 is 0. The molecule has 2 aromatic carbocycles. The molecular weight excluding hydrogens is 372 g/mol. The molecule has 30 heavy (non-hydrogen) atoms. The number of amides is 2. The number of carbonyl (C=O) groups is 2. The molecule has 2 rings (SSSR count). The van der Waals surface area contributed by atoms with Crippen molar-refractivity contribution in [3.8, 4) is 0 Å². The van der Waals surface area contributed by atoms with Gasteiger partial charge in [0, 0.05) is 12.6 Å². The Labute approximate surface area is 181 Å². The first-order valence-electron chi connectivity index (χ1n) is 11.0. The molecule has 0 aliphatic rings. The van der Waals surface area contributed by atoms with Crippen molar-refractivity contribution in [1.82, 2.24) is 10.2 Å². The molecule has 0 saturated heterocycles. The molecule has 2 atom stereocenters. The number of benzene rings is 2. The highest BCUT2D eigenvalue weighted by molar-refractivity contribution is 5.88. The Morgan fingerprint density at radius 1 is 0.933 bits per heavy atom. The molecule has 0 fully saturated rings. The van der Waals surface area contributed by atoms with E-state index in [1.165, 1.54) is 5.56 Å². The van der Waals surface area contributed by atoms with Crippen molar-refractivity contribution in [2.24, 2.45) is 0 Å². The number of nitrogens with one attached hydrogen (secondary N) is 1. The summed E-state index contributed by atoms with van der Waals surface area (Å²) in [6.45, 7) is 10.6. The lowest BCUT2D eigenvalue weighted by Gasteiger charge is -2.31. The van der Waals surface area contributed by atoms with E-state index in [0.29, 0.717) is 19.4 Å². The van der Waals surface area contributed by atoms with Gasteiger partial charge in [-0.05, 0) is 51.2 Å². The topological polar surface area (TPSA) is 49.4 Å². The Balaban J connectivity index is 2.23. The molecule has 4 nitrogen and oxygen atoms in total. The van der Waals surface area contributed by atoms with Crippen LogP contribution in [-0.4, -0.2) is 35.3 Å². The monoisotopic (exact) mass is 408 g/mol. The van der Waals surface area contributed by atoms with Crippen LogP contribution in [-0.2, 0) is 22.4 Å². The third-order valence-corrected chi connectivity index (χ3v) is 5.51. The van der Waals surface area contributed by atoms with Crippen LogP contribution in [0.4, 0.5) is 0 Å². The smallest absolute Gasteiger partial charge is 0.243 e. The summed E-state index contributed by atoms with van der Waals surface area (Å²) in [4.78, 5) is 28.1. The van der Waals surface area contributed by atoms with Gasteiger partial charge in [0.25, 0.3) is 0 Å². The largest absolute Gasteiger partial charge is 0.352 e. The number of rotatable bonds is 10. The quantitative estimate of drug-likeness (QED) is 0.624. The zero-order valence-corrected chi connectivity index (χ0v) is 19.1. The minimum atomic E-state index is -0.457. The Hall–Kier alpha value is -2.62. The average Bonchev–Trinajstić information content (AvgIpc) is 2.70. The van der Waals surface area contributed by atoms with Crippen molar-refractivity contribution >= 4 is 11.8 Å². The standard InChI is InChI=1S/C26H36N2O2/c1-6-21(5)27-26(30)24(7-2)28(14-13-22-11-9-8-10-12-22)25(29)18-23-16-19(3)15-20(4)17-23/h8-12,15-17,21,24H,6-7,13-14,18H2,1-5H3,(H,27,30)/t21-,24-/m0/s1. The van der Waals surface area contributed by atoms with Crippen LogP contribution in [0.2, 0.25) is 0 Å². The summed E-state index contributed by atoms with van der Waals surface area (Å²) in [7, 11) is 0. The second kappa shape index (κ2) is 11.5. The first kappa shape index (κ1) is 23.7. The van der Waals surface area contributed by atoms with Gasteiger partial charge in [-0.25, -0.2) is 0 Å². The van der Waals surface area contributed by atoms with Gasteiger partial charge < -0.3 is 10.2 Å². The maximum atomic E-state index is 13.4. The molecule has 0 bridgehead atoms. The van der Waals surface area contributed by atoms with E-state index in [2.05, 4.69) is 35.6 Å². The van der Waals surface area contributed by atoms with E-state index in [-0.39, 0.29) is 17.9 Å². The second-order valence-electron chi connectivity index (χ2n) is 8.24. The fraction of sp³-hybridized carbons (Fsp3) is 0.462. The Bertz CT molecular complexity index is 812. The molecule has 0 aliphatic carbocycles. The lowest BCUT2D eigenvalue weighted by molar-refractivity contribution is -0.140. The van der Waals surface area contributed by atoms with Crippen LogP contribution in [0.3, 0.4) is 0 Å². The van der Waals surface area contributed by atoms with Gasteiger partial charge in [0.2, 0.25) is 11.8 Å². The van der Waals surface area contributed by atoms with Gasteiger partial charge in [-0.3, -0.25) is 9.59 Å². The maximum absolute atomic E-state index is 13.4. The zero-order valence-electron chi connectivity index (χ0n) is 19.1. The summed E-state index contributed by atoms with van der Waals surface area (Å²) in [5.74, 6) is -0.0595. The number of aryl methyl sites for hydroxylation is 2. The van der Waals surface area contributed by atoms with E-state index in [4.69, 9.17) is 0 Å². The lowest BCUT2D eigenvalue weighted by Crippen LogP contribution is -2.52. The summed E-state index contributed by atoms with van der Waals surface area (Å²) in [5, 5.41) is 3.06. The molecule has 2 amide bonds. The van der Waals surface area contributed by atoms with Crippen LogP contribution in [0.15, 0.2) is 48.5 Å². The van der Waals surface area contributed by atoms with Crippen molar-refractivity contribution < 1.29 is 9.59 Å². The third-order valence-electron chi connectivity index (χ3n) is 5.51. The molecule has 0 saturated carbocycles. The summed E-state index contributed by atoms with van der Waals surface area (Å²) < 4.78 is 0. The van der Waals surface area contributed by atoms with Gasteiger partial charge in [-0.2, -0.15) is 0 Å². The molecule has 0 unspecified atom stereocenters. The SMILES string of the molecule is CC[C@H](C)NC(=O)[C@H](CC)N(CCc1ccccc1)C(=O)Cc1cc(C)cc(C)c1. The number of hydrogen-bond acceptors (Lipinski definition) is 2. The average molecular weight is 409 g/mol. The van der Waals surface area contributed by atoms with Crippen LogP contribution in [0.25, 0.3) is 0 Å². The maximum Gasteiger partial charge on any atom is 0.243 e. The van der Waals surface area contributed by atoms with Crippen molar-refractivity contribution in [3.63, 3.8) is 0 Å². The van der Waals surface area contributed by atoms with E-state index < -0.39 is 6.04 Å². The second-order valence-corrected chi connectivity index (χ2v) is 8.24. The predicted octanol–water partition coefficient (Wildman–Crippen LogP) is 4.61. The Morgan fingerprint density at radius 3 is 2.13 bits per heavy atom. The third kappa shape index (κ3) is 7.01. The zero-order chi connectivity index (χ0) is 22.1. The molecule has 1 N–H and O–H groups in total. The van der Waals surface area contributed by atoms with Crippen LogP contribution < -0.4 is 5.32 Å². The van der Waals surface area contributed by atoms with E-state index in [1.807, 2.05) is 52.8 Å². The minimum Gasteiger partial charge on any atom is -0.352 e. The van der Waals surface area contributed by atoms with E-state index in [1.54, 1.807) is 4.90 Å². The lowest BCUT2D eigenvalue weighted by atomic mass is 10.0. The first-order valence-corrected chi connectivity index (χ1v) is 11.0. The number of nitrogens with zero attached hydrogens (tertiary/aromatic N) is 1. The fourth-order valence-corrected chi connectivity index (χ4v) is 3.78. The summed E-state index contributed by atoms with van der Waals surface area (Å²) in [5.41, 5.74) is 4.46. The van der Waals surface area contributed by atoms with Crippen LogP contribution >= 0.6 is 0 Å². The van der Waals surface area contributed by atoms with Gasteiger partial charge in [0.05, 0.1) is 6.42 Å². The molecule has 0 heterocycles. The van der Waals surface area contributed by atoms with Gasteiger partial charge >= 0.3 is 0 Å². The normalized spacial score (nSPS) is 12.8. The van der Waals surface area contributed by atoms with Gasteiger partial charge in [-0.15, -0.1) is 0 Å². The fourth-order valence-electron chi connectivity index (χ4n) is 3.78. The molecule has 0 aromatic heterocycles. The highest BCUT2D eigenvalue weighted by Crippen LogP contribution is 2.15. The molecule has 0 aliphatic heterocycles. The molecular formula is C26H36N2O2. The summed E-state index contributed by atoms with van der Waals surface area (Å²) in [6.07, 6.45) is 2.50. The first-order chi connectivity index (χ1) is 14.3. The van der Waals surface area contributed by atoms with Crippen LogP contribution in [0.1, 0.15) is 55.9 Å². The molecule has 0 radical (unpaired) electrons. The number of carbonyl (C=O) groups excluding carboxylic acids is 2. The predicted molar refractivity (Wildman–Crippen MR) is 123 cm³/mol. The molecule has 0 spiro atoms. The summed E-state index contributed by atoms with van der Waals surface area (Å²) in [6, 6.07) is 16.0. The Morgan fingerprint density at radius 2 is 1.57 bits per heavy atom. The van der Waals surface area contributed by atoms with Gasteiger partial charge in [0.15, 0.2) is 0 Å². The van der Waals surface area contributed by atoms with Crippen LogP contribution in [0, 0.1) is 13.8 Å². The van der Waals surface area contributed by atoms with Crippen LogP contribution in [0.5, 0.6) is 0 Å². The van der Waals surface area contributed by atoms with Gasteiger partial charge in [-0.1, -0.05) is 73.5 Å². The van der Waals surface area contributed by atoms with Crippen molar-refractivity contribution in [1.29, 1.82) is 0 Å². The van der Waals surface area contributed by atoms with Crippen molar-refractivity contribution in [2.75, 3.05) is 6.54 Å². The molecule has 162 valence electrons. The number of hydrogen-bond donors (Lipinski definition) is 1. The highest BCUT2D eigenvalue weighted by atomic mass is 16.2. The minimum absolute atomic E-state index is 0.00193. The van der Waals surface area contributed by atoms with Gasteiger partial charge in [0.1, 0.15) is 6.04 Å². The van der Waals surface area contributed by atoms with E-state index in [9.17, 15) is 9.59 Å². The van der Waals surface area contributed by atoms with Crippen molar-refractivity contribution in [2.45, 2.75) is 72.4 Å². The van der Waals surface area contributed by atoms with E-state index in [0.717, 1.165) is 29.5 Å². The molecule has 4 heteroatoms.